The summed E-state index contributed by atoms with van der Waals surface area (Å²) >= 11 is 6.05. The molecule has 2 amide bonds. The highest BCUT2D eigenvalue weighted by atomic mass is 35.5. The maximum absolute atomic E-state index is 12.4. The summed E-state index contributed by atoms with van der Waals surface area (Å²) in [5.74, 6) is -0.0709. The van der Waals surface area contributed by atoms with Crippen molar-refractivity contribution in [3.8, 4) is 0 Å². The molecule has 2 aromatic carbocycles. The van der Waals surface area contributed by atoms with Crippen molar-refractivity contribution < 1.29 is 14.0 Å². The van der Waals surface area contributed by atoms with Crippen molar-refractivity contribution in [2.75, 3.05) is 10.6 Å². The number of rotatable bonds is 5. The first-order valence-corrected chi connectivity index (χ1v) is 8.18. The van der Waals surface area contributed by atoms with Gasteiger partial charge in [0.25, 0.3) is 5.91 Å². The van der Waals surface area contributed by atoms with E-state index in [2.05, 4.69) is 10.6 Å². The third-order valence-electron chi connectivity index (χ3n) is 3.46. The second-order valence-electron chi connectivity index (χ2n) is 5.35. The molecule has 0 radical (unpaired) electrons. The van der Waals surface area contributed by atoms with Crippen LogP contribution in [0.5, 0.6) is 0 Å². The van der Waals surface area contributed by atoms with Crippen LogP contribution in [-0.2, 0) is 4.79 Å². The van der Waals surface area contributed by atoms with Gasteiger partial charge in [-0.3, -0.25) is 9.59 Å². The van der Waals surface area contributed by atoms with Crippen LogP contribution >= 0.6 is 11.6 Å². The number of para-hydroxylation sites is 1. The fourth-order valence-corrected chi connectivity index (χ4v) is 2.41. The predicted octanol–water partition coefficient (Wildman–Crippen LogP) is 4.84. The highest BCUT2D eigenvalue weighted by molar-refractivity contribution is 6.33. The average Bonchev–Trinajstić information content (AvgIpc) is 3.16. The Morgan fingerprint density at radius 2 is 1.81 bits per heavy atom. The molecule has 130 valence electrons. The Kier molecular flexibility index (Phi) is 5.51. The van der Waals surface area contributed by atoms with E-state index in [4.69, 9.17) is 16.0 Å². The molecule has 0 aliphatic rings. The van der Waals surface area contributed by atoms with Gasteiger partial charge in [-0.25, -0.2) is 0 Å². The van der Waals surface area contributed by atoms with Gasteiger partial charge in [0, 0.05) is 17.3 Å². The molecule has 0 saturated heterocycles. The molecule has 0 spiro atoms. The fourth-order valence-electron chi connectivity index (χ4n) is 2.22. The lowest BCUT2D eigenvalue weighted by molar-refractivity contribution is -0.111. The van der Waals surface area contributed by atoms with Crippen molar-refractivity contribution >= 4 is 40.9 Å². The van der Waals surface area contributed by atoms with Gasteiger partial charge in [0.05, 0.1) is 17.0 Å². The second kappa shape index (κ2) is 8.18. The zero-order valence-electron chi connectivity index (χ0n) is 13.6. The summed E-state index contributed by atoms with van der Waals surface area (Å²) in [6, 6.07) is 17.1. The Balaban J connectivity index is 1.67. The molecule has 2 N–H and O–H groups in total. The molecule has 0 unspecified atom stereocenters. The zero-order chi connectivity index (χ0) is 18.4. The lowest BCUT2D eigenvalue weighted by atomic mass is 10.1. The topological polar surface area (TPSA) is 71.3 Å². The molecule has 0 aliphatic heterocycles. The number of hydrogen-bond acceptors (Lipinski definition) is 3. The Morgan fingerprint density at radius 1 is 0.962 bits per heavy atom. The van der Waals surface area contributed by atoms with Gasteiger partial charge < -0.3 is 15.1 Å². The van der Waals surface area contributed by atoms with E-state index >= 15 is 0 Å². The number of carbonyl (C=O) groups excluding carboxylic acids is 2. The van der Waals surface area contributed by atoms with Crippen LogP contribution in [0.3, 0.4) is 0 Å². The predicted molar refractivity (Wildman–Crippen MR) is 102 cm³/mol. The molecule has 0 fully saturated rings. The van der Waals surface area contributed by atoms with Crippen LogP contribution in [0, 0.1) is 0 Å². The Bertz CT molecular complexity index is 949. The van der Waals surface area contributed by atoms with Gasteiger partial charge in [0.2, 0.25) is 5.91 Å². The van der Waals surface area contributed by atoms with Gasteiger partial charge in [0.1, 0.15) is 5.76 Å². The van der Waals surface area contributed by atoms with Gasteiger partial charge in [0.15, 0.2) is 0 Å². The van der Waals surface area contributed by atoms with E-state index < -0.39 is 0 Å². The maximum Gasteiger partial charge on any atom is 0.255 e. The Hall–Kier alpha value is -3.31. The summed E-state index contributed by atoms with van der Waals surface area (Å²) < 4.78 is 5.12. The number of furan rings is 1. The van der Waals surface area contributed by atoms with Gasteiger partial charge >= 0.3 is 0 Å². The Labute approximate surface area is 155 Å². The Morgan fingerprint density at radius 3 is 2.58 bits per heavy atom. The van der Waals surface area contributed by atoms with Gasteiger partial charge in [-0.15, -0.1) is 0 Å². The SMILES string of the molecule is O=C(/C=C/c1ccco1)Nc1cccc(C(=O)Nc2ccccc2Cl)c1. The van der Waals surface area contributed by atoms with Crippen molar-refractivity contribution in [3.05, 3.63) is 89.3 Å². The third kappa shape index (κ3) is 4.62. The van der Waals surface area contributed by atoms with E-state index in [9.17, 15) is 9.59 Å². The number of halogens is 1. The van der Waals surface area contributed by atoms with Gasteiger partial charge in [-0.2, -0.15) is 0 Å². The number of amides is 2. The number of carbonyl (C=O) groups is 2. The van der Waals surface area contributed by atoms with E-state index in [1.165, 1.54) is 12.3 Å². The van der Waals surface area contributed by atoms with E-state index in [1.54, 1.807) is 66.7 Å². The van der Waals surface area contributed by atoms with E-state index in [1.807, 2.05) is 0 Å². The smallest absolute Gasteiger partial charge is 0.255 e. The van der Waals surface area contributed by atoms with Crippen LogP contribution < -0.4 is 10.6 Å². The summed E-state index contributed by atoms with van der Waals surface area (Å²) in [6.45, 7) is 0. The first-order chi connectivity index (χ1) is 12.6. The van der Waals surface area contributed by atoms with Crippen LogP contribution in [0.4, 0.5) is 11.4 Å². The molecular weight excluding hydrogens is 352 g/mol. The normalized spacial score (nSPS) is 10.7. The van der Waals surface area contributed by atoms with Crippen LogP contribution in [0.2, 0.25) is 5.02 Å². The first-order valence-electron chi connectivity index (χ1n) is 7.80. The minimum absolute atomic E-state index is 0.319. The number of hydrogen-bond donors (Lipinski definition) is 2. The zero-order valence-corrected chi connectivity index (χ0v) is 14.4. The summed E-state index contributed by atoms with van der Waals surface area (Å²) in [5.41, 5.74) is 1.43. The summed E-state index contributed by atoms with van der Waals surface area (Å²) in [5, 5.41) is 5.89. The number of anilines is 2. The molecule has 6 heteroatoms. The van der Waals surface area contributed by atoms with Gasteiger partial charge in [-0.1, -0.05) is 29.8 Å². The molecule has 3 rings (SSSR count). The highest BCUT2D eigenvalue weighted by Crippen LogP contribution is 2.21. The summed E-state index contributed by atoms with van der Waals surface area (Å²) in [4.78, 5) is 24.3. The van der Waals surface area contributed by atoms with Crippen LogP contribution in [0.1, 0.15) is 16.1 Å². The van der Waals surface area contributed by atoms with Crippen LogP contribution in [-0.4, -0.2) is 11.8 Å². The van der Waals surface area contributed by atoms with E-state index in [0.29, 0.717) is 27.7 Å². The second-order valence-corrected chi connectivity index (χ2v) is 5.76. The molecule has 0 saturated carbocycles. The molecule has 1 aromatic heterocycles. The molecule has 0 bridgehead atoms. The molecular formula is C20H15ClN2O3. The number of benzene rings is 2. The minimum atomic E-state index is -0.329. The van der Waals surface area contributed by atoms with Crippen LogP contribution in [0.15, 0.2) is 77.4 Å². The van der Waals surface area contributed by atoms with Gasteiger partial charge in [-0.05, 0) is 48.5 Å². The molecule has 3 aromatic rings. The van der Waals surface area contributed by atoms with Crippen molar-refractivity contribution in [1.29, 1.82) is 0 Å². The fraction of sp³-hybridized carbons (Fsp3) is 0. The van der Waals surface area contributed by atoms with Crippen molar-refractivity contribution in [3.63, 3.8) is 0 Å². The monoisotopic (exact) mass is 366 g/mol. The minimum Gasteiger partial charge on any atom is -0.465 e. The summed E-state index contributed by atoms with van der Waals surface area (Å²) in [6.07, 6.45) is 4.44. The number of nitrogens with one attached hydrogen (secondary N) is 2. The lowest BCUT2D eigenvalue weighted by Gasteiger charge is -2.08. The van der Waals surface area contributed by atoms with Crippen molar-refractivity contribution in [2.24, 2.45) is 0 Å². The largest absolute Gasteiger partial charge is 0.465 e. The molecule has 0 atom stereocenters. The highest BCUT2D eigenvalue weighted by Gasteiger charge is 2.09. The molecule has 5 nitrogen and oxygen atoms in total. The van der Waals surface area contributed by atoms with Crippen molar-refractivity contribution in [1.82, 2.24) is 0 Å². The molecule has 26 heavy (non-hydrogen) atoms. The quantitative estimate of drug-likeness (QED) is 0.635. The third-order valence-corrected chi connectivity index (χ3v) is 3.79. The maximum atomic E-state index is 12.4. The molecule has 1 heterocycles. The molecule has 0 aliphatic carbocycles. The van der Waals surface area contributed by atoms with E-state index in [-0.39, 0.29) is 11.8 Å². The van der Waals surface area contributed by atoms with Crippen molar-refractivity contribution in [2.45, 2.75) is 0 Å². The first kappa shape index (κ1) is 17.5. The lowest BCUT2D eigenvalue weighted by Crippen LogP contribution is -2.13. The van der Waals surface area contributed by atoms with E-state index in [0.717, 1.165) is 0 Å². The standard InChI is InChI=1S/C20H15ClN2O3/c21-17-8-1-2-9-18(17)23-20(25)14-5-3-6-15(13-14)22-19(24)11-10-16-7-4-12-26-16/h1-13H,(H,22,24)(H,23,25)/b11-10+. The summed E-state index contributed by atoms with van der Waals surface area (Å²) in [7, 11) is 0. The van der Waals surface area contributed by atoms with Crippen LogP contribution in [0.25, 0.3) is 6.08 Å². The average molecular weight is 367 g/mol.